The Labute approximate surface area is 160 Å². The third kappa shape index (κ3) is 4.13. The predicted octanol–water partition coefficient (Wildman–Crippen LogP) is 3.63. The van der Waals surface area contributed by atoms with E-state index < -0.39 is 5.41 Å². The molecular formula is C22H26N2O3. The Kier molecular flexibility index (Phi) is 5.49. The van der Waals surface area contributed by atoms with Gasteiger partial charge in [-0.05, 0) is 62.6 Å². The minimum Gasteiger partial charge on any atom is -0.494 e. The van der Waals surface area contributed by atoms with Crippen molar-refractivity contribution in [3.05, 3.63) is 59.7 Å². The van der Waals surface area contributed by atoms with E-state index in [4.69, 9.17) is 4.74 Å². The van der Waals surface area contributed by atoms with Crippen molar-refractivity contribution in [1.82, 2.24) is 4.90 Å². The first-order chi connectivity index (χ1) is 12.9. The molecule has 1 heterocycles. The van der Waals surface area contributed by atoms with Gasteiger partial charge in [-0.2, -0.15) is 0 Å². The molecule has 0 aliphatic carbocycles. The van der Waals surface area contributed by atoms with Gasteiger partial charge in [0.15, 0.2) is 0 Å². The van der Waals surface area contributed by atoms with Gasteiger partial charge in [-0.15, -0.1) is 0 Å². The molecule has 0 aromatic heterocycles. The van der Waals surface area contributed by atoms with Crippen LogP contribution in [0.5, 0.6) is 5.75 Å². The number of fused-ring (bicyclic) bond motifs is 1. The van der Waals surface area contributed by atoms with Crippen LogP contribution in [0.25, 0.3) is 0 Å². The molecule has 0 unspecified atom stereocenters. The second-order valence-corrected chi connectivity index (χ2v) is 7.28. The Balaban J connectivity index is 1.67. The number of hydrogen-bond donors (Lipinski definition) is 1. The van der Waals surface area contributed by atoms with Gasteiger partial charge in [0.25, 0.3) is 0 Å². The molecule has 1 aliphatic heterocycles. The number of ether oxygens (including phenoxy) is 1. The van der Waals surface area contributed by atoms with Gasteiger partial charge in [0.05, 0.1) is 6.61 Å². The lowest BCUT2D eigenvalue weighted by atomic mass is 9.88. The summed E-state index contributed by atoms with van der Waals surface area (Å²) in [5.41, 5.74) is 1.93. The first-order valence-electron chi connectivity index (χ1n) is 9.32. The van der Waals surface area contributed by atoms with Crippen molar-refractivity contribution in [1.29, 1.82) is 0 Å². The summed E-state index contributed by atoms with van der Waals surface area (Å²) >= 11 is 0. The number of carbonyl (C=O) groups excluding carboxylic acids is 2. The zero-order chi connectivity index (χ0) is 19.4. The molecule has 0 fully saturated rings. The standard InChI is InChI=1S/C22H26N2O3/c1-4-27-19-11-9-18(10-12-19)23-20(25)22(2,3)21(26)24-14-13-16-7-5-6-8-17(16)15-24/h5-12H,4,13-15H2,1-3H3,(H,23,25). The summed E-state index contributed by atoms with van der Waals surface area (Å²) in [7, 11) is 0. The van der Waals surface area contributed by atoms with Crippen LogP contribution < -0.4 is 10.1 Å². The number of hydrogen-bond acceptors (Lipinski definition) is 3. The number of nitrogens with zero attached hydrogens (tertiary/aromatic N) is 1. The van der Waals surface area contributed by atoms with Crippen LogP contribution in [0, 0.1) is 5.41 Å². The van der Waals surface area contributed by atoms with Gasteiger partial charge < -0.3 is 15.0 Å². The zero-order valence-electron chi connectivity index (χ0n) is 16.1. The van der Waals surface area contributed by atoms with Gasteiger partial charge in [0, 0.05) is 18.8 Å². The first-order valence-corrected chi connectivity index (χ1v) is 9.32. The normalized spacial score (nSPS) is 13.7. The maximum Gasteiger partial charge on any atom is 0.239 e. The molecule has 0 saturated carbocycles. The van der Waals surface area contributed by atoms with Gasteiger partial charge in [-0.25, -0.2) is 0 Å². The van der Waals surface area contributed by atoms with Crippen LogP contribution in [-0.2, 0) is 22.6 Å². The highest BCUT2D eigenvalue weighted by molar-refractivity contribution is 6.09. The fourth-order valence-electron chi connectivity index (χ4n) is 3.25. The van der Waals surface area contributed by atoms with Crippen molar-refractivity contribution < 1.29 is 14.3 Å². The van der Waals surface area contributed by atoms with E-state index in [2.05, 4.69) is 11.4 Å². The van der Waals surface area contributed by atoms with Gasteiger partial charge in [-0.3, -0.25) is 9.59 Å². The monoisotopic (exact) mass is 366 g/mol. The Morgan fingerprint density at radius 2 is 1.74 bits per heavy atom. The predicted molar refractivity (Wildman–Crippen MR) is 106 cm³/mol. The van der Waals surface area contributed by atoms with E-state index in [0.29, 0.717) is 25.4 Å². The van der Waals surface area contributed by atoms with Crippen LogP contribution >= 0.6 is 0 Å². The summed E-state index contributed by atoms with van der Waals surface area (Å²) in [5, 5.41) is 2.85. The van der Waals surface area contributed by atoms with E-state index in [-0.39, 0.29) is 11.8 Å². The lowest BCUT2D eigenvalue weighted by molar-refractivity contribution is -0.147. The van der Waals surface area contributed by atoms with E-state index in [1.54, 1.807) is 43.0 Å². The largest absolute Gasteiger partial charge is 0.494 e. The molecule has 1 aliphatic rings. The molecule has 5 heteroatoms. The lowest BCUT2D eigenvalue weighted by Gasteiger charge is -2.34. The molecule has 27 heavy (non-hydrogen) atoms. The Morgan fingerprint density at radius 1 is 1.07 bits per heavy atom. The van der Waals surface area contributed by atoms with Crippen molar-refractivity contribution >= 4 is 17.5 Å². The zero-order valence-corrected chi connectivity index (χ0v) is 16.1. The number of rotatable bonds is 5. The second-order valence-electron chi connectivity index (χ2n) is 7.28. The molecular weight excluding hydrogens is 340 g/mol. The first kappa shape index (κ1) is 19.0. The maximum absolute atomic E-state index is 13.0. The summed E-state index contributed by atoms with van der Waals surface area (Å²) in [4.78, 5) is 27.6. The van der Waals surface area contributed by atoms with E-state index >= 15 is 0 Å². The molecule has 0 spiro atoms. The third-order valence-corrected chi connectivity index (χ3v) is 4.94. The summed E-state index contributed by atoms with van der Waals surface area (Å²) < 4.78 is 5.41. The smallest absolute Gasteiger partial charge is 0.239 e. The number of anilines is 1. The molecule has 0 radical (unpaired) electrons. The highest BCUT2D eigenvalue weighted by atomic mass is 16.5. The van der Waals surface area contributed by atoms with Crippen LogP contribution in [-0.4, -0.2) is 29.9 Å². The van der Waals surface area contributed by atoms with Crippen molar-refractivity contribution in [3.8, 4) is 5.75 Å². The van der Waals surface area contributed by atoms with Crippen LogP contribution in [0.2, 0.25) is 0 Å². The van der Waals surface area contributed by atoms with E-state index in [1.807, 2.05) is 25.1 Å². The highest BCUT2D eigenvalue weighted by Gasteiger charge is 2.40. The summed E-state index contributed by atoms with van der Waals surface area (Å²) in [6, 6.07) is 15.3. The molecule has 3 rings (SSSR count). The number of carbonyl (C=O) groups is 2. The molecule has 1 N–H and O–H groups in total. The third-order valence-electron chi connectivity index (χ3n) is 4.94. The van der Waals surface area contributed by atoms with Crippen molar-refractivity contribution in [2.24, 2.45) is 5.41 Å². The average molecular weight is 366 g/mol. The minimum absolute atomic E-state index is 0.152. The summed E-state index contributed by atoms with van der Waals surface area (Å²) in [6.07, 6.45) is 0.818. The van der Waals surface area contributed by atoms with Gasteiger partial charge in [0.1, 0.15) is 11.2 Å². The second kappa shape index (κ2) is 7.82. The molecule has 2 aromatic rings. The molecule has 0 atom stereocenters. The number of amides is 2. The fraction of sp³-hybridized carbons (Fsp3) is 0.364. The fourth-order valence-corrected chi connectivity index (χ4v) is 3.25. The van der Waals surface area contributed by atoms with Crippen LogP contribution in [0.1, 0.15) is 31.9 Å². The Morgan fingerprint density at radius 3 is 2.41 bits per heavy atom. The van der Waals surface area contributed by atoms with Gasteiger partial charge >= 0.3 is 0 Å². The Hall–Kier alpha value is -2.82. The van der Waals surface area contributed by atoms with Crippen LogP contribution in [0.4, 0.5) is 5.69 Å². The highest BCUT2D eigenvalue weighted by Crippen LogP contribution is 2.27. The lowest BCUT2D eigenvalue weighted by Crippen LogP contribution is -2.48. The maximum atomic E-state index is 13.0. The number of nitrogens with one attached hydrogen (secondary N) is 1. The molecule has 0 saturated heterocycles. The van der Waals surface area contributed by atoms with E-state index in [1.165, 1.54) is 5.56 Å². The molecule has 5 nitrogen and oxygen atoms in total. The van der Waals surface area contributed by atoms with Crippen molar-refractivity contribution in [2.75, 3.05) is 18.5 Å². The number of benzene rings is 2. The molecule has 0 bridgehead atoms. The molecule has 2 amide bonds. The van der Waals surface area contributed by atoms with E-state index in [9.17, 15) is 9.59 Å². The average Bonchev–Trinajstić information content (AvgIpc) is 2.68. The minimum atomic E-state index is -1.15. The summed E-state index contributed by atoms with van der Waals surface area (Å²) in [5.74, 6) is 0.286. The van der Waals surface area contributed by atoms with Crippen molar-refractivity contribution in [3.63, 3.8) is 0 Å². The topological polar surface area (TPSA) is 58.6 Å². The molecule has 142 valence electrons. The van der Waals surface area contributed by atoms with Crippen molar-refractivity contribution in [2.45, 2.75) is 33.7 Å². The molecule has 2 aromatic carbocycles. The van der Waals surface area contributed by atoms with Gasteiger partial charge in [-0.1, -0.05) is 24.3 Å². The SMILES string of the molecule is CCOc1ccc(NC(=O)C(C)(C)C(=O)N2CCc3ccccc3C2)cc1. The van der Waals surface area contributed by atoms with Gasteiger partial charge in [0.2, 0.25) is 11.8 Å². The van der Waals surface area contributed by atoms with Crippen LogP contribution in [0.15, 0.2) is 48.5 Å². The van der Waals surface area contributed by atoms with Crippen LogP contribution in [0.3, 0.4) is 0 Å². The van der Waals surface area contributed by atoms with E-state index in [0.717, 1.165) is 17.7 Å². The Bertz CT molecular complexity index is 828. The quantitative estimate of drug-likeness (QED) is 0.822. The summed E-state index contributed by atoms with van der Waals surface area (Å²) in [6.45, 7) is 7.05.